The molecule has 4 N–H and O–H groups in total. The number of primary sulfonamides is 1. The van der Waals surface area contributed by atoms with E-state index in [9.17, 15) is 18.0 Å². The summed E-state index contributed by atoms with van der Waals surface area (Å²) in [7, 11) is -3.74. The fourth-order valence-corrected chi connectivity index (χ4v) is 3.81. The highest BCUT2D eigenvalue weighted by Crippen LogP contribution is 2.21. The fourth-order valence-electron chi connectivity index (χ4n) is 3.30. The number of carbonyl (C=O) groups is 2. The minimum absolute atomic E-state index is 0.0195. The van der Waals surface area contributed by atoms with Crippen LogP contribution in [0.2, 0.25) is 0 Å². The summed E-state index contributed by atoms with van der Waals surface area (Å²) >= 11 is 0. The van der Waals surface area contributed by atoms with Crippen molar-refractivity contribution in [1.82, 2.24) is 15.5 Å². The highest BCUT2D eigenvalue weighted by molar-refractivity contribution is 7.89. The quantitative estimate of drug-likeness (QED) is 0.472. The van der Waals surface area contributed by atoms with Crippen molar-refractivity contribution >= 4 is 21.8 Å². The van der Waals surface area contributed by atoms with Gasteiger partial charge in [-0.3, -0.25) is 14.5 Å². The lowest BCUT2D eigenvalue weighted by molar-refractivity contribution is -0.139. The van der Waals surface area contributed by atoms with Crippen molar-refractivity contribution < 1.29 is 27.2 Å². The summed E-state index contributed by atoms with van der Waals surface area (Å²) in [6.07, 6.45) is 2.01. The highest BCUT2D eigenvalue weighted by atomic mass is 32.2. The first-order valence-electron chi connectivity index (χ1n) is 9.87. The van der Waals surface area contributed by atoms with Gasteiger partial charge in [-0.2, -0.15) is 0 Å². The van der Waals surface area contributed by atoms with Crippen molar-refractivity contribution in [3.05, 3.63) is 54.0 Å². The zero-order chi connectivity index (χ0) is 22.3. The number of carbonyl (C=O) groups excluding carboxylic acids is 2. The Morgan fingerprint density at radius 1 is 1.06 bits per heavy atom. The number of hydrogen-bond donors (Lipinski definition) is 3. The smallest absolute Gasteiger partial charge is 0.309 e. The Labute approximate surface area is 180 Å². The molecule has 31 heavy (non-hydrogen) atoms. The minimum atomic E-state index is -3.74. The summed E-state index contributed by atoms with van der Waals surface area (Å²) < 4.78 is 33.4. The van der Waals surface area contributed by atoms with Gasteiger partial charge in [-0.1, -0.05) is 12.1 Å². The number of ether oxygens (including phenoxy) is 1. The molecule has 2 aromatic rings. The molecule has 3 rings (SSSR count). The van der Waals surface area contributed by atoms with Crippen LogP contribution in [0.3, 0.4) is 0 Å². The van der Waals surface area contributed by atoms with E-state index < -0.39 is 21.8 Å². The van der Waals surface area contributed by atoms with Crippen LogP contribution in [0.5, 0.6) is 0 Å². The maximum atomic E-state index is 12.2. The molecule has 1 fully saturated rings. The highest BCUT2D eigenvalue weighted by Gasteiger charge is 2.26. The van der Waals surface area contributed by atoms with Gasteiger partial charge in [-0.05, 0) is 36.2 Å². The Morgan fingerprint density at radius 3 is 2.35 bits per heavy atom. The number of nitrogens with two attached hydrogens (primary N) is 1. The standard InChI is InChI=1S/C20H26N4O6S/c21-31(27,28)16-5-3-15(4-6-16)7-8-22-19(25)20(26)23-14-17(18-2-1-11-30-18)24-9-12-29-13-10-24/h1-6,11,17H,7-10,12-14H2,(H,22,25)(H,23,26)(H2,21,27,28)/t17-/m1/s1. The van der Waals surface area contributed by atoms with Crippen molar-refractivity contribution in [3.63, 3.8) is 0 Å². The molecule has 0 saturated carbocycles. The van der Waals surface area contributed by atoms with Gasteiger partial charge in [0, 0.05) is 26.2 Å². The number of furan rings is 1. The number of amides is 2. The molecule has 1 aliphatic heterocycles. The van der Waals surface area contributed by atoms with Crippen molar-refractivity contribution in [2.45, 2.75) is 17.4 Å². The summed E-state index contributed by atoms with van der Waals surface area (Å²) in [5, 5.41) is 10.3. The molecule has 0 bridgehead atoms. The second kappa shape index (κ2) is 10.5. The van der Waals surface area contributed by atoms with Gasteiger partial charge < -0.3 is 19.8 Å². The lowest BCUT2D eigenvalue weighted by Crippen LogP contribution is -2.46. The van der Waals surface area contributed by atoms with Gasteiger partial charge in [0.15, 0.2) is 0 Å². The average molecular weight is 451 g/mol. The molecule has 168 valence electrons. The average Bonchev–Trinajstić information content (AvgIpc) is 3.29. The van der Waals surface area contributed by atoms with E-state index in [0.29, 0.717) is 38.5 Å². The first-order chi connectivity index (χ1) is 14.8. The lowest BCUT2D eigenvalue weighted by Gasteiger charge is -2.33. The molecule has 1 aromatic carbocycles. The van der Waals surface area contributed by atoms with Crippen LogP contribution in [0, 0.1) is 0 Å². The van der Waals surface area contributed by atoms with E-state index in [-0.39, 0.29) is 24.0 Å². The topological polar surface area (TPSA) is 144 Å². The molecule has 0 radical (unpaired) electrons. The Bertz CT molecular complexity index is 970. The number of sulfonamides is 1. The zero-order valence-electron chi connectivity index (χ0n) is 17.0. The molecular formula is C20H26N4O6S. The largest absolute Gasteiger partial charge is 0.468 e. The number of benzene rings is 1. The summed E-state index contributed by atoms with van der Waals surface area (Å²) in [6, 6.07) is 9.47. The van der Waals surface area contributed by atoms with E-state index in [0.717, 1.165) is 5.56 Å². The SMILES string of the molecule is NS(=O)(=O)c1ccc(CCNC(=O)C(=O)NC[C@H](c2ccco2)N2CCOCC2)cc1. The lowest BCUT2D eigenvalue weighted by atomic mass is 10.1. The molecule has 0 spiro atoms. The van der Waals surface area contributed by atoms with Crippen molar-refractivity contribution in [3.8, 4) is 0 Å². The molecule has 1 aliphatic rings. The monoisotopic (exact) mass is 450 g/mol. The molecule has 2 heterocycles. The van der Waals surface area contributed by atoms with Gasteiger partial charge in [0.2, 0.25) is 10.0 Å². The first kappa shape index (κ1) is 22.9. The van der Waals surface area contributed by atoms with Gasteiger partial charge in [0.1, 0.15) is 5.76 Å². The summed E-state index contributed by atoms with van der Waals surface area (Å²) in [6.45, 7) is 3.07. The maximum Gasteiger partial charge on any atom is 0.309 e. The first-order valence-corrected chi connectivity index (χ1v) is 11.4. The Hall–Kier alpha value is -2.73. The molecule has 1 saturated heterocycles. The van der Waals surface area contributed by atoms with E-state index in [1.807, 2.05) is 6.07 Å². The van der Waals surface area contributed by atoms with Gasteiger partial charge in [-0.25, -0.2) is 13.6 Å². The van der Waals surface area contributed by atoms with Crippen LogP contribution in [0.15, 0.2) is 52.0 Å². The van der Waals surface area contributed by atoms with Gasteiger partial charge in [0.05, 0.1) is 30.4 Å². The van der Waals surface area contributed by atoms with Crippen molar-refractivity contribution in [2.24, 2.45) is 5.14 Å². The molecular weight excluding hydrogens is 424 g/mol. The Kier molecular flexibility index (Phi) is 7.80. The van der Waals surface area contributed by atoms with Crippen molar-refractivity contribution in [2.75, 3.05) is 39.4 Å². The number of morpholine rings is 1. The third-order valence-corrected chi connectivity index (χ3v) is 5.90. The van der Waals surface area contributed by atoms with E-state index in [1.165, 1.54) is 12.1 Å². The van der Waals surface area contributed by atoms with Crippen LogP contribution in [-0.4, -0.2) is 64.5 Å². The molecule has 1 aromatic heterocycles. The summed E-state index contributed by atoms with van der Waals surface area (Å²) in [5.74, 6) is -0.749. The molecule has 0 aliphatic carbocycles. The molecule has 11 heteroatoms. The van der Waals surface area contributed by atoms with Gasteiger partial charge in [-0.15, -0.1) is 0 Å². The predicted octanol–water partition coefficient (Wildman–Crippen LogP) is -0.225. The number of nitrogens with zero attached hydrogens (tertiary/aromatic N) is 1. The molecule has 0 unspecified atom stereocenters. The van der Waals surface area contributed by atoms with E-state index in [1.54, 1.807) is 24.5 Å². The van der Waals surface area contributed by atoms with Crippen LogP contribution in [-0.2, 0) is 30.8 Å². The number of hydrogen-bond acceptors (Lipinski definition) is 7. The van der Waals surface area contributed by atoms with Crippen molar-refractivity contribution in [1.29, 1.82) is 0 Å². The maximum absolute atomic E-state index is 12.2. The number of rotatable bonds is 8. The minimum Gasteiger partial charge on any atom is -0.468 e. The Balaban J connectivity index is 1.46. The summed E-state index contributed by atoms with van der Waals surface area (Å²) in [5.41, 5.74) is 0.804. The normalized spacial score (nSPS) is 15.9. The van der Waals surface area contributed by atoms with Gasteiger partial charge in [0.25, 0.3) is 0 Å². The number of nitrogens with one attached hydrogen (secondary N) is 2. The van der Waals surface area contributed by atoms with Crippen LogP contribution >= 0.6 is 0 Å². The predicted molar refractivity (Wildman–Crippen MR) is 111 cm³/mol. The second-order valence-electron chi connectivity index (χ2n) is 7.08. The second-order valence-corrected chi connectivity index (χ2v) is 8.65. The fraction of sp³-hybridized carbons (Fsp3) is 0.400. The van der Waals surface area contributed by atoms with Gasteiger partial charge >= 0.3 is 11.8 Å². The third-order valence-electron chi connectivity index (χ3n) is 4.97. The van der Waals surface area contributed by atoms with Crippen LogP contribution in [0.4, 0.5) is 0 Å². The third kappa shape index (κ3) is 6.62. The molecule has 10 nitrogen and oxygen atoms in total. The molecule has 2 amide bonds. The Morgan fingerprint density at radius 2 is 1.74 bits per heavy atom. The van der Waals surface area contributed by atoms with E-state index >= 15 is 0 Å². The molecule has 1 atom stereocenters. The van der Waals surface area contributed by atoms with Crippen LogP contribution < -0.4 is 15.8 Å². The van der Waals surface area contributed by atoms with Crippen LogP contribution in [0.1, 0.15) is 17.4 Å². The van der Waals surface area contributed by atoms with E-state index in [4.69, 9.17) is 14.3 Å². The van der Waals surface area contributed by atoms with E-state index in [2.05, 4.69) is 15.5 Å². The van der Waals surface area contributed by atoms with Crippen LogP contribution in [0.25, 0.3) is 0 Å². The summed E-state index contributed by atoms with van der Waals surface area (Å²) in [4.78, 5) is 26.5. The zero-order valence-corrected chi connectivity index (χ0v) is 17.8.